The Kier molecular flexibility index (Phi) is 11.7. The molecule has 0 heterocycles. The highest BCUT2D eigenvalue weighted by atomic mass is 16.6. The van der Waals surface area contributed by atoms with E-state index in [1.54, 1.807) is 24.3 Å². The first-order chi connectivity index (χ1) is 32.5. The van der Waals surface area contributed by atoms with Crippen LogP contribution < -0.4 is 9.47 Å². The van der Waals surface area contributed by atoms with E-state index in [1.807, 2.05) is 66.7 Å². The number of phenolic OH excluding ortho intramolecular Hbond substituents is 3. The summed E-state index contributed by atoms with van der Waals surface area (Å²) in [4.78, 5) is 27.9. The summed E-state index contributed by atoms with van der Waals surface area (Å²) < 4.78 is 24.6. The highest BCUT2D eigenvalue weighted by Gasteiger charge is 2.62. The number of aliphatic hydroxyl groups excluding tert-OH is 1. The largest absolute Gasteiger partial charge is 0.508 e. The number of aryl methyl sites for hydroxylation is 2. The zero-order chi connectivity index (χ0) is 46.6. The highest BCUT2D eigenvalue weighted by molar-refractivity contribution is 5.98. The molecule has 0 unspecified atom stereocenters. The lowest BCUT2D eigenvalue weighted by molar-refractivity contribution is -0.167. The van der Waals surface area contributed by atoms with Gasteiger partial charge in [0, 0.05) is 30.6 Å². The van der Waals surface area contributed by atoms with Gasteiger partial charge in [0.25, 0.3) is 0 Å². The summed E-state index contributed by atoms with van der Waals surface area (Å²) in [6, 6.07) is 34.8. The molecule has 1 fully saturated rings. The third kappa shape index (κ3) is 7.84. The molecule has 4 N–H and O–H groups in total. The third-order valence-electron chi connectivity index (χ3n) is 15.4. The van der Waals surface area contributed by atoms with Crippen LogP contribution in [0.25, 0.3) is 28.0 Å². The van der Waals surface area contributed by atoms with Crippen LogP contribution in [0.15, 0.2) is 115 Å². The van der Waals surface area contributed by atoms with Crippen molar-refractivity contribution in [2.75, 3.05) is 20.8 Å². The number of benzene rings is 6. The first-order valence-corrected chi connectivity index (χ1v) is 23.4. The van der Waals surface area contributed by atoms with E-state index in [4.69, 9.17) is 18.9 Å². The minimum Gasteiger partial charge on any atom is -0.508 e. The number of aliphatic hydroxyl groups is 1. The number of phenols is 3. The Morgan fingerprint density at radius 2 is 1.48 bits per heavy atom. The Balaban J connectivity index is 1.12. The number of carbonyl (C=O) groups is 2. The zero-order valence-corrected chi connectivity index (χ0v) is 38.0. The SMILES string of the molecule is COc1cc2c(cc1O)[C@H](CO)[C@]1(C3=Cc4ccccc4CC3)[C@H](C2)[C@H](OC(C)=O)C[C@@H](OC(=O)Cc2ccc3cc(O)cc(-c4ccccc4)c3c2)C[C@H]2c3cc(OC)c(O)cc3CC[C@@H]21. The molecule has 4 aliphatic rings. The molecule has 0 spiro atoms. The second-order valence-corrected chi connectivity index (χ2v) is 18.9. The Morgan fingerprint density at radius 3 is 2.25 bits per heavy atom. The second kappa shape index (κ2) is 17.8. The number of carbonyl (C=O) groups excluding carboxylic acids is 2. The van der Waals surface area contributed by atoms with Crippen molar-refractivity contribution in [1.29, 1.82) is 0 Å². The second-order valence-electron chi connectivity index (χ2n) is 18.9. The minimum absolute atomic E-state index is 0.0165. The molecule has 344 valence electrons. The maximum Gasteiger partial charge on any atom is 0.310 e. The molecule has 6 aromatic rings. The summed E-state index contributed by atoms with van der Waals surface area (Å²) in [5.41, 5.74) is 8.89. The van der Waals surface area contributed by atoms with Gasteiger partial charge in [-0.15, -0.1) is 0 Å². The fraction of sp³-hybridized carbons (Fsp3) is 0.333. The molecule has 0 saturated heterocycles. The highest BCUT2D eigenvalue weighted by Crippen LogP contribution is 2.67. The van der Waals surface area contributed by atoms with Crippen LogP contribution in [0.2, 0.25) is 0 Å². The number of rotatable bonds is 9. The normalized spacial score (nSPS) is 24.0. The first kappa shape index (κ1) is 44.1. The number of esters is 2. The van der Waals surface area contributed by atoms with Gasteiger partial charge in [0.1, 0.15) is 18.0 Å². The number of hydrogen-bond acceptors (Lipinski definition) is 10. The number of allylic oxidation sites excluding steroid dienone is 1. The van der Waals surface area contributed by atoms with Gasteiger partial charge in [-0.05, 0) is 154 Å². The number of methoxy groups -OCH3 is 2. The van der Waals surface area contributed by atoms with E-state index in [2.05, 4.69) is 24.3 Å². The van der Waals surface area contributed by atoms with Gasteiger partial charge in [-0.2, -0.15) is 0 Å². The topological polar surface area (TPSA) is 152 Å². The van der Waals surface area contributed by atoms with Crippen LogP contribution in [0.5, 0.6) is 28.7 Å². The number of hydrogen-bond donors (Lipinski definition) is 4. The number of fused-ring (bicyclic) bond motifs is 8. The predicted octanol–water partition coefficient (Wildman–Crippen LogP) is 10.1. The van der Waals surface area contributed by atoms with Crippen LogP contribution in [-0.4, -0.2) is 65.4 Å². The summed E-state index contributed by atoms with van der Waals surface area (Å²) in [6.45, 7) is 1.17. The van der Waals surface area contributed by atoms with Crippen molar-refractivity contribution in [2.24, 2.45) is 17.3 Å². The molecule has 67 heavy (non-hydrogen) atoms. The predicted molar refractivity (Wildman–Crippen MR) is 255 cm³/mol. The van der Waals surface area contributed by atoms with Crippen molar-refractivity contribution in [3.8, 4) is 39.9 Å². The van der Waals surface area contributed by atoms with Crippen LogP contribution in [0.4, 0.5) is 0 Å². The summed E-state index contributed by atoms with van der Waals surface area (Å²) in [5.74, 6) is -1.45. The van der Waals surface area contributed by atoms with Crippen LogP contribution in [0.3, 0.4) is 0 Å². The summed E-state index contributed by atoms with van der Waals surface area (Å²) in [7, 11) is 3.05. The lowest BCUT2D eigenvalue weighted by atomic mass is 9.43. The van der Waals surface area contributed by atoms with Crippen LogP contribution in [0, 0.1) is 17.3 Å². The zero-order valence-electron chi connectivity index (χ0n) is 38.0. The monoisotopic (exact) mass is 900 g/mol. The average molecular weight is 901 g/mol. The molecule has 0 amide bonds. The fourth-order valence-electron chi connectivity index (χ4n) is 12.8. The molecule has 10 nitrogen and oxygen atoms in total. The van der Waals surface area contributed by atoms with Gasteiger partial charge >= 0.3 is 11.9 Å². The van der Waals surface area contributed by atoms with Crippen molar-refractivity contribution in [2.45, 2.75) is 82.3 Å². The van der Waals surface area contributed by atoms with Gasteiger partial charge in [-0.1, -0.05) is 78.4 Å². The molecule has 6 aromatic carbocycles. The van der Waals surface area contributed by atoms with Crippen LogP contribution >= 0.6 is 0 Å². The maximum atomic E-state index is 14.5. The smallest absolute Gasteiger partial charge is 0.310 e. The molecular formula is C57H56O10. The van der Waals surface area contributed by atoms with Gasteiger partial charge in [0.15, 0.2) is 23.0 Å². The Labute approximate surface area is 390 Å². The molecule has 7 atom stereocenters. The van der Waals surface area contributed by atoms with Gasteiger partial charge in [-0.25, -0.2) is 0 Å². The third-order valence-corrected chi connectivity index (χ3v) is 15.4. The molecular weight excluding hydrogens is 845 g/mol. The van der Waals surface area contributed by atoms with Gasteiger partial charge in [-0.3, -0.25) is 9.59 Å². The Hall–Kier alpha value is -6.78. The molecule has 1 saturated carbocycles. The maximum absolute atomic E-state index is 14.5. The lowest BCUT2D eigenvalue weighted by Crippen LogP contribution is -2.58. The van der Waals surface area contributed by atoms with Crippen molar-refractivity contribution in [3.63, 3.8) is 0 Å². The summed E-state index contributed by atoms with van der Waals surface area (Å²) in [5, 5.41) is 46.9. The van der Waals surface area contributed by atoms with E-state index >= 15 is 0 Å². The molecule has 0 aliphatic heterocycles. The number of ether oxygens (including phenoxy) is 4. The van der Waals surface area contributed by atoms with Gasteiger partial charge in [0.05, 0.1) is 27.2 Å². The Morgan fingerprint density at radius 1 is 0.716 bits per heavy atom. The summed E-state index contributed by atoms with van der Waals surface area (Å²) in [6.07, 6.45) is 4.63. The van der Waals surface area contributed by atoms with E-state index in [9.17, 15) is 30.0 Å². The molecule has 4 aliphatic carbocycles. The molecule has 0 aromatic heterocycles. The molecule has 0 radical (unpaired) electrons. The fourth-order valence-corrected chi connectivity index (χ4v) is 12.8. The van der Waals surface area contributed by atoms with E-state index in [0.29, 0.717) is 43.6 Å². The van der Waals surface area contributed by atoms with Crippen molar-refractivity contribution < 1.29 is 49.0 Å². The van der Waals surface area contributed by atoms with E-state index in [-0.39, 0.29) is 48.5 Å². The Bertz CT molecular complexity index is 2920. The number of aromatic hydroxyl groups is 3. The van der Waals surface area contributed by atoms with Gasteiger partial charge in [0.2, 0.25) is 0 Å². The van der Waals surface area contributed by atoms with Crippen molar-refractivity contribution >= 4 is 28.8 Å². The standard InChI is InChI=1S/C57H56O10/c1-32(59)66-53-28-42(67-56(63)20-33-13-14-37-22-41(60)26-44(43(37)19-33)35-10-5-4-6-11-35)27-47-45-30-55(65-3)51(61)24-38(45)16-18-48(47)57(40-17-15-34-9-7-8-12-36(34)21-40)49(53)23-39-25-54(64-2)52(62)29-46(39)50(57)31-58/h4-14,19,21-22,24-26,29-30,42,47-50,53,58,60-62H,15-18,20,23,27-28,31H2,1-3H3/t42-,47-,48-,49+,50-,53+,57-/m0/s1. The average Bonchev–Trinajstić information content (AvgIpc) is 3.32. The molecule has 10 heteroatoms. The molecule has 0 bridgehead atoms. The quantitative estimate of drug-likeness (QED) is 0.103. The lowest BCUT2D eigenvalue weighted by Gasteiger charge is -2.61. The van der Waals surface area contributed by atoms with Crippen LogP contribution in [0.1, 0.15) is 83.4 Å². The summed E-state index contributed by atoms with van der Waals surface area (Å²) >= 11 is 0. The minimum atomic E-state index is -0.825. The van der Waals surface area contributed by atoms with Gasteiger partial charge < -0.3 is 39.4 Å². The van der Waals surface area contributed by atoms with E-state index in [0.717, 1.165) is 67.3 Å². The van der Waals surface area contributed by atoms with Crippen LogP contribution in [-0.2, 0) is 44.7 Å². The van der Waals surface area contributed by atoms with Crippen molar-refractivity contribution in [1.82, 2.24) is 0 Å². The van der Waals surface area contributed by atoms with E-state index < -0.39 is 41.4 Å². The van der Waals surface area contributed by atoms with E-state index in [1.165, 1.54) is 26.7 Å². The van der Waals surface area contributed by atoms with Crippen molar-refractivity contribution in [3.05, 3.63) is 154 Å². The first-order valence-electron chi connectivity index (χ1n) is 23.4. The molecule has 10 rings (SSSR count).